The minimum absolute atomic E-state index is 0.0225. The van der Waals surface area contributed by atoms with Crippen molar-refractivity contribution in [3.05, 3.63) is 17.2 Å². The van der Waals surface area contributed by atoms with Crippen LogP contribution in [0, 0.1) is 4.91 Å². The van der Waals surface area contributed by atoms with Crippen LogP contribution in [-0.2, 0) is 33.3 Å². The second kappa shape index (κ2) is 16.1. The van der Waals surface area contributed by atoms with Crippen molar-refractivity contribution in [2.75, 3.05) is 46.9 Å². The van der Waals surface area contributed by atoms with Crippen LogP contribution in [0.5, 0.6) is 0 Å². The quantitative estimate of drug-likeness (QED) is 0.205. The summed E-state index contributed by atoms with van der Waals surface area (Å²) in [6, 6.07) is 0. The van der Waals surface area contributed by atoms with Crippen LogP contribution in [0.2, 0.25) is 0 Å². The molecule has 1 rings (SSSR count). The number of carbonyl (C=O) groups excluding carboxylic acids is 2. The number of amides is 1. The van der Waals surface area contributed by atoms with Crippen LogP contribution in [0.15, 0.2) is 17.5 Å². The summed E-state index contributed by atoms with van der Waals surface area (Å²) in [5, 5.41) is 15.0. The van der Waals surface area contributed by atoms with Gasteiger partial charge < -0.3 is 34.1 Å². The van der Waals surface area contributed by atoms with E-state index in [4.69, 9.17) is 23.7 Å². The zero-order chi connectivity index (χ0) is 21.3. The molecular weight excluding hydrogens is 388 g/mol. The fraction of sp³-hybridized carbons (Fsp3) is 0.778. The minimum Gasteiger partial charge on any atom is -0.385 e. The van der Waals surface area contributed by atoms with E-state index in [2.05, 4.69) is 10.5 Å². The second-order valence-corrected chi connectivity index (χ2v) is 6.19. The maximum Gasteiger partial charge on any atom is 0.220 e. The van der Waals surface area contributed by atoms with Gasteiger partial charge in [-0.25, -0.2) is 0 Å². The molecule has 1 unspecified atom stereocenters. The molecule has 11 heteroatoms. The second-order valence-electron chi connectivity index (χ2n) is 6.19. The van der Waals surface area contributed by atoms with Gasteiger partial charge in [-0.15, -0.1) is 4.91 Å². The summed E-state index contributed by atoms with van der Waals surface area (Å²) in [6.07, 6.45) is 0.646. The summed E-state index contributed by atoms with van der Waals surface area (Å²) in [7, 11) is 1.54. The van der Waals surface area contributed by atoms with E-state index >= 15 is 0 Å². The molecule has 1 amide bonds. The highest BCUT2D eigenvalue weighted by Gasteiger charge is 2.35. The third kappa shape index (κ3) is 11.7. The summed E-state index contributed by atoms with van der Waals surface area (Å²) in [5.74, 6) is -0.612. The van der Waals surface area contributed by atoms with Crippen molar-refractivity contribution in [1.82, 2.24) is 5.32 Å². The summed E-state index contributed by atoms with van der Waals surface area (Å²) >= 11 is 0. The van der Waals surface area contributed by atoms with Crippen molar-refractivity contribution in [3.8, 4) is 0 Å². The monoisotopic (exact) mass is 418 g/mol. The van der Waals surface area contributed by atoms with Crippen molar-refractivity contribution in [2.24, 2.45) is 5.18 Å². The lowest BCUT2D eigenvalue weighted by molar-refractivity contribution is -0.203. The normalized spacial score (nSPS) is 22.1. The van der Waals surface area contributed by atoms with Gasteiger partial charge in [0.15, 0.2) is 12.1 Å². The topological polar surface area (TPSA) is 142 Å². The number of nitroso groups, excluding NO2 is 1. The number of nitrogens with one attached hydrogen (secondary N) is 1. The fourth-order valence-corrected chi connectivity index (χ4v) is 2.45. The molecule has 1 aliphatic rings. The van der Waals surface area contributed by atoms with Crippen LogP contribution in [0.3, 0.4) is 0 Å². The zero-order valence-electron chi connectivity index (χ0n) is 16.6. The van der Waals surface area contributed by atoms with Crippen LogP contribution in [0.1, 0.15) is 25.7 Å². The average Bonchev–Trinajstić information content (AvgIpc) is 2.71. The van der Waals surface area contributed by atoms with E-state index < -0.39 is 24.3 Å². The van der Waals surface area contributed by atoms with Crippen molar-refractivity contribution in [1.29, 1.82) is 0 Å². The molecule has 11 nitrogen and oxygen atoms in total. The first-order chi connectivity index (χ1) is 14.1. The van der Waals surface area contributed by atoms with Gasteiger partial charge in [0, 0.05) is 33.1 Å². The van der Waals surface area contributed by atoms with E-state index in [1.165, 1.54) is 6.08 Å². The van der Waals surface area contributed by atoms with Crippen LogP contribution in [0.4, 0.5) is 0 Å². The van der Waals surface area contributed by atoms with Gasteiger partial charge in [0.2, 0.25) is 5.91 Å². The molecule has 0 aromatic carbocycles. The Bertz CT molecular complexity index is 516. The first-order valence-electron chi connectivity index (χ1n) is 9.47. The van der Waals surface area contributed by atoms with Gasteiger partial charge in [0.1, 0.15) is 19.0 Å². The molecule has 166 valence electrons. The summed E-state index contributed by atoms with van der Waals surface area (Å²) in [6.45, 7) is 2.23. The number of aliphatic hydroxyl groups excluding tert-OH is 1. The Morgan fingerprint density at radius 2 is 2.07 bits per heavy atom. The number of hydrogen-bond donors (Lipinski definition) is 2. The van der Waals surface area contributed by atoms with E-state index in [1.54, 1.807) is 7.11 Å². The first-order valence-corrected chi connectivity index (χ1v) is 9.47. The van der Waals surface area contributed by atoms with Gasteiger partial charge >= 0.3 is 0 Å². The van der Waals surface area contributed by atoms with Gasteiger partial charge in [-0.05, 0) is 24.1 Å². The summed E-state index contributed by atoms with van der Waals surface area (Å²) < 4.78 is 26.0. The number of rotatable bonds is 16. The Kier molecular flexibility index (Phi) is 14.0. The van der Waals surface area contributed by atoms with Crippen LogP contribution in [-0.4, -0.2) is 82.2 Å². The molecule has 0 aromatic heterocycles. The smallest absolute Gasteiger partial charge is 0.220 e. The third-order valence-corrected chi connectivity index (χ3v) is 3.89. The third-order valence-electron chi connectivity index (χ3n) is 3.89. The maximum atomic E-state index is 11.7. The molecule has 1 saturated heterocycles. The first kappa shape index (κ1) is 25.3. The number of hydrogen-bond acceptors (Lipinski definition) is 10. The number of ether oxygens (including phenoxy) is 5. The molecule has 29 heavy (non-hydrogen) atoms. The van der Waals surface area contributed by atoms with Crippen molar-refractivity contribution < 1.29 is 38.4 Å². The van der Waals surface area contributed by atoms with Gasteiger partial charge in [-0.1, -0.05) is 0 Å². The van der Waals surface area contributed by atoms with Gasteiger partial charge in [0.05, 0.1) is 26.0 Å². The van der Waals surface area contributed by atoms with Crippen molar-refractivity contribution in [2.45, 2.75) is 44.2 Å². The van der Waals surface area contributed by atoms with Crippen LogP contribution >= 0.6 is 0 Å². The minimum atomic E-state index is -1.21. The van der Waals surface area contributed by atoms with Crippen LogP contribution < -0.4 is 5.32 Å². The van der Waals surface area contributed by atoms with Gasteiger partial charge in [0.25, 0.3) is 0 Å². The largest absolute Gasteiger partial charge is 0.385 e. The predicted molar refractivity (Wildman–Crippen MR) is 101 cm³/mol. The Morgan fingerprint density at radius 1 is 1.28 bits per heavy atom. The van der Waals surface area contributed by atoms with Crippen molar-refractivity contribution >= 4 is 11.7 Å². The van der Waals surface area contributed by atoms with E-state index in [1.807, 2.05) is 0 Å². The van der Waals surface area contributed by atoms with E-state index in [0.717, 1.165) is 6.20 Å². The lowest BCUT2D eigenvalue weighted by Gasteiger charge is -2.30. The highest BCUT2D eigenvalue weighted by molar-refractivity contribution is 5.89. The molecule has 3 atom stereocenters. The average molecular weight is 418 g/mol. The number of carbonyl (C=O) groups is 2. The number of aliphatic hydroxyl groups is 1. The van der Waals surface area contributed by atoms with E-state index in [0.29, 0.717) is 52.2 Å². The molecule has 0 aliphatic carbocycles. The Labute approximate surface area is 169 Å². The fourth-order valence-electron chi connectivity index (χ4n) is 2.45. The molecule has 0 aromatic rings. The molecule has 0 bridgehead atoms. The molecule has 1 aliphatic heterocycles. The Morgan fingerprint density at radius 3 is 2.83 bits per heavy atom. The zero-order valence-corrected chi connectivity index (χ0v) is 16.6. The SMILES string of the molecule is COCOCCOCCNC(=O)CCCCO[C@H]1C[C@@H](O)C(=O)C(/C=C/N=O)O1. The standard InChI is InChI=1S/C18H30N2O9/c1-25-13-27-11-10-26-9-7-19-16(22)4-2-3-8-28-17-12-14(21)18(23)15(29-17)5-6-20-24/h5-6,14-15,17,21H,2-4,7-13H2,1H3,(H,19,22)/b6-5+/t14-,15?,17-/m1/s1. The highest BCUT2D eigenvalue weighted by atomic mass is 16.7. The maximum absolute atomic E-state index is 11.7. The lowest BCUT2D eigenvalue weighted by Crippen LogP contribution is -2.44. The summed E-state index contributed by atoms with van der Waals surface area (Å²) in [4.78, 5) is 33.6. The van der Waals surface area contributed by atoms with Crippen molar-refractivity contribution in [3.63, 3.8) is 0 Å². The Hall–Kier alpha value is -1.76. The number of ketones is 1. The molecule has 0 spiro atoms. The summed E-state index contributed by atoms with van der Waals surface area (Å²) in [5.41, 5.74) is 0. The highest BCUT2D eigenvalue weighted by Crippen LogP contribution is 2.19. The molecule has 0 radical (unpaired) electrons. The van der Waals surface area contributed by atoms with Gasteiger partial charge in [-0.2, -0.15) is 0 Å². The number of methoxy groups -OCH3 is 1. The van der Waals surface area contributed by atoms with E-state index in [-0.39, 0.29) is 19.1 Å². The molecule has 0 saturated carbocycles. The molecule has 1 heterocycles. The van der Waals surface area contributed by atoms with Crippen LogP contribution in [0.25, 0.3) is 0 Å². The number of unbranched alkanes of at least 4 members (excludes halogenated alkanes) is 1. The van der Waals surface area contributed by atoms with E-state index in [9.17, 15) is 19.6 Å². The molecule has 1 fully saturated rings. The van der Waals surface area contributed by atoms with Gasteiger partial charge in [-0.3, -0.25) is 9.59 Å². The molecule has 2 N–H and O–H groups in total. The number of nitrogens with zero attached hydrogens (tertiary/aromatic N) is 1. The predicted octanol–water partition coefficient (Wildman–Crippen LogP) is 0.252. The molecular formula is C18H30N2O9. The Balaban J connectivity index is 2.04. The lowest BCUT2D eigenvalue weighted by atomic mass is 10.0. The number of Topliss-reactive ketones (excluding diaryl/α,β-unsaturated/α-hetero) is 1.